The molecule has 5 heteroatoms. The van der Waals surface area contributed by atoms with E-state index in [4.69, 9.17) is 9.94 Å². The van der Waals surface area contributed by atoms with Gasteiger partial charge in [0, 0.05) is 13.1 Å². The van der Waals surface area contributed by atoms with Gasteiger partial charge in [0.2, 0.25) is 0 Å². The highest BCUT2D eigenvalue weighted by Crippen LogP contribution is 2.17. The second kappa shape index (κ2) is 10.8. The number of carbonyl (C=O) groups is 1. The van der Waals surface area contributed by atoms with Gasteiger partial charge in [0.1, 0.15) is 6.61 Å². The van der Waals surface area contributed by atoms with Crippen LogP contribution in [0.1, 0.15) is 38.7 Å². The van der Waals surface area contributed by atoms with Crippen molar-refractivity contribution in [2.45, 2.75) is 33.1 Å². The molecule has 5 nitrogen and oxygen atoms in total. The van der Waals surface area contributed by atoms with E-state index in [1.807, 2.05) is 18.2 Å². The monoisotopic (exact) mass is 358 g/mol. The molecule has 0 aromatic heterocycles. The van der Waals surface area contributed by atoms with Crippen LogP contribution in [0.2, 0.25) is 0 Å². The Labute approximate surface area is 156 Å². The van der Waals surface area contributed by atoms with Gasteiger partial charge in [-0.25, -0.2) is 0 Å². The van der Waals surface area contributed by atoms with Gasteiger partial charge in [0.15, 0.2) is 0 Å². The van der Waals surface area contributed by atoms with Gasteiger partial charge in [-0.05, 0) is 42.9 Å². The van der Waals surface area contributed by atoms with Crippen molar-refractivity contribution in [2.24, 2.45) is 17.0 Å². The van der Waals surface area contributed by atoms with Crippen LogP contribution in [0.3, 0.4) is 0 Å². The van der Waals surface area contributed by atoms with Crippen LogP contribution in [-0.2, 0) is 9.63 Å². The number of carboxylic acids is 1. The fourth-order valence-electron chi connectivity index (χ4n) is 3.02. The third-order valence-corrected chi connectivity index (χ3v) is 4.54. The van der Waals surface area contributed by atoms with Crippen molar-refractivity contribution in [1.82, 2.24) is 4.90 Å². The largest absolute Gasteiger partial charge is 0.481 e. The molecule has 1 saturated heterocycles. The lowest BCUT2D eigenvalue weighted by Crippen LogP contribution is -2.40. The fraction of sp³-hybridized carbons (Fsp3) is 0.524. The van der Waals surface area contributed by atoms with E-state index in [1.165, 1.54) is 0 Å². The number of rotatable bonds is 9. The molecule has 1 aromatic carbocycles. The average Bonchev–Trinajstić information content (AvgIpc) is 2.64. The number of hydrogen-bond acceptors (Lipinski definition) is 4. The lowest BCUT2D eigenvalue weighted by atomic mass is 9.98. The molecule has 1 aliphatic rings. The smallest absolute Gasteiger partial charge is 0.307 e. The zero-order valence-corrected chi connectivity index (χ0v) is 15.8. The standard InChI is InChI=1S/C21H30N2O3/c1-17(2)10-11-19(18-7-4-3-5-8-18)15-22-26-14-13-23-12-6-9-20(16-23)21(24)25/h3-5,7-8,11,15,17,20H,6,9-10,12-14,16H2,1-2H3,(H,24,25)/b19-11-,22-15+/t20-/m1/s1. The third-order valence-electron chi connectivity index (χ3n) is 4.54. The fourth-order valence-corrected chi connectivity index (χ4v) is 3.02. The Bertz CT molecular complexity index is 611. The zero-order chi connectivity index (χ0) is 18.8. The van der Waals surface area contributed by atoms with Gasteiger partial charge in [-0.2, -0.15) is 0 Å². The van der Waals surface area contributed by atoms with E-state index in [2.05, 4.69) is 42.1 Å². The molecule has 142 valence electrons. The van der Waals surface area contributed by atoms with Gasteiger partial charge in [-0.15, -0.1) is 0 Å². The molecule has 0 bridgehead atoms. The maximum atomic E-state index is 11.1. The molecule has 2 rings (SSSR count). The molecule has 26 heavy (non-hydrogen) atoms. The summed E-state index contributed by atoms with van der Waals surface area (Å²) in [5.74, 6) is -0.364. The van der Waals surface area contributed by atoms with Crippen molar-refractivity contribution in [3.8, 4) is 0 Å². The molecule has 0 unspecified atom stereocenters. The van der Waals surface area contributed by atoms with Gasteiger partial charge >= 0.3 is 5.97 Å². The summed E-state index contributed by atoms with van der Waals surface area (Å²) in [5, 5.41) is 13.3. The first kappa shape index (κ1) is 20.2. The van der Waals surface area contributed by atoms with Crippen LogP contribution in [0.4, 0.5) is 0 Å². The van der Waals surface area contributed by atoms with Crippen LogP contribution in [0, 0.1) is 11.8 Å². The quantitative estimate of drug-likeness (QED) is 0.413. The van der Waals surface area contributed by atoms with Crippen molar-refractivity contribution in [3.05, 3.63) is 42.0 Å². The molecule has 1 fully saturated rings. The van der Waals surface area contributed by atoms with Crippen molar-refractivity contribution < 1.29 is 14.7 Å². The number of hydrogen-bond donors (Lipinski definition) is 1. The van der Waals surface area contributed by atoms with E-state index < -0.39 is 5.97 Å². The Kier molecular flexibility index (Phi) is 8.35. The Morgan fingerprint density at radius 3 is 2.85 bits per heavy atom. The third kappa shape index (κ3) is 7.00. The summed E-state index contributed by atoms with van der Waals surface area (Å²) in [5.41, 5.74) is 2.18. The van der Waals surface area contributed by atoms with Crippen LogP contribution in [0.15, 0.2) is 41.6 Å². The van der Waals surface area contributed by atoms with E-state index in [0.717, 1.165) is 36.9 Å². The summed E-state index contributed by atoms with van der Waals surface area (Å²) >= 11 is 0. The average molecular weight is 358 g/mol. The van der Waals surface area contributed by atoms with Crippen LogP contribution in [-0.4, -0.2) is 48.4 Å². The maximum Gasteiger partial charge on any atom is 0.307 e. The van der Waals surface area contributed by atoms with Crippen molar-refractivity contribution >= 4 is 17.8 Å². The number of likely N-dealkylation sites (tertiary alicyclic amines) is 1. The summed E-state index contributed by atoms with van der Waals surface area (Å²) in [7, 11) is 0. The van der Waals surface area contributed by atoms with Crippen molar-refractivity contribution in [1.29, 1.82) is 0 Å². The number of nitrogens with zero attached hydrogens (tertiary/aromatic N) is 2. The Hall–Kier alpha value is -2.14. The molecule has 0 saturated carbocycles. The topological polar surface area (TPSA) is 62.1 Å². The highest BCUT2D eigenvalue weighted by Gasteiger charge is 2.24. The number of piperidine rings is 1. The molecule has 0 radical (unpaired) electrons. The lowest BCUT2D eigenvalue weighted by Gasteiger charge is -2.29. The van der Waals surface area contributed by atoms with Crippen LogP contribution in [0.5, 0.6) is 0 Å². The molecule has 0 aliphatic carbocycles. The van der Waals surface area contributed by atoms with Gasteiger partial charge in [-0.3, -0.25) is 9.69 Å². The predicted molar refractivity (Wildman–Crippen MR) is 105 cm³/mol. The SMILES string of the molecule is CC(C)C/C=C(/C=N/OCCN1CCC[C@@H](C(=O)O)C1)c1ccccc1. The number of aliphatic carboxylic acids is 1. The highest BCUT2D eigenvalue weighted by atomic mass is 16.6. The molecule has 0 spiro atoms. The van der Waals surface area contributed by atoms with E-state index in [1.54, 1.807) is 6.21 Å². The van der Waals surface area contributed by atoms with Gasteiger partial charge in [0.25, 0.3) is 0 Å². The summed E-state index contributed by atoms with van der Waals surface area (Å²) < 4.78 is 0. The Balaban J connectivity index is 1.82. The second-order valence-electron chi connectivity index (χ2n) is 7.20. The van der Waals surface area contributed by atoms with E-state index in [0.29, 0.717) is 25.6 Å². The second-order valence-corrected chi connectivity index (χ2v) is 7.20. The van der Waals surface area contributed by atoms with E-state index in [9.17, 15) is 4.79 Å². The molecular formula is C21H30N2O3. The Morgan fingerprint density at radius 2 is 2.15 bits per heavy atom. The van der Waals surface area contributed by atoms with Crippen LogP contribution >= 0.6 is 0 Å². The summed E-state index contributed by atoms with van der Waals surface area (Å²) in [4.78, 5) is 18.7. The summed E-state index contributed by atoms with van der Waals surface area (Å²) in [6, 6.07) is 10.2. The Morgan fingerprint density at radius 1 is 1.38 bits per heavy atom. The number of carboxylic acid groups (broad SMARTS) is 1. The highest BCUT2D eigenvalue weighted by molar-refractivity contribution is 6.09. The normalized spacial score (nSPS) is 19.2. The molecule has 1 aromatic rings. The maximum absolute atomic E-state index is 11.1. The molecule has 1 heterocycles. The number of benzene rings is 1. The first-order valence-electron chi connectivity index (χ1n) is 9.42. The minimum atomic E-state index is -0.698. The van der Waals surface area contributed by atoms with E-state index >= 15 is 0 Å². The number of oxime groups is 1. The van der Waals surface area contributed by atoms with Gasteiger partial charge in [0.05, 0.1) is 12.1 Å². The molecule has 1 atom stereocenters. The minimum absolute atomic E-state index is 0.254. The molecular weight excluding hydrogens is 328 g/mol. The zero-order valence-electron chi connectivity index (χ0n) is 15.8. The van der Waals surface area contributed by atoms with Gasteiger partial charge < -0.3 is 9.94 Å². The molecule has 1 aliphatic heterocycles. The first-order valence-corrected chi connectivity index (χ1v) is 9.42. The first-order chi connectivity index (χ1) is 12.6. The van der Waals surface area contributed by atoms with Crippen LogP contribution < -0.4 is 0 Å². The lowest BCUT2D eigenvalue weighted by molar-refractivity contribution is -0.143. The van der Waals surface area contributed by atoms with Crippen molar-refractivity contribution in [3.63, 3.8) is 0 Å². The van der Waals surface area contributed by atoms with Crippen LogP contribution in [0.25, 0.3) is 5.57 Å². The van der Waals surface area contributed by atoms with Gasteiger partial charge in [-0.1, -0.05) is 55.4 Å². The van der Waals surface area contributed by atoms with E-state index in [-0.39, 0.29) is 5.92 Å². The minimum Gasteiger partial charge on any atom is -0.481 e. The van der Waals surface area contributed by atoms with Crippen molar-refractivity contribution in [2.75, 3.05) is 26.2 Å². The number of allylic oxidation sites excluding steroid dienone is 2. The summed E-state index contributed by atoms with van der Waals surface area (Å²) in [6.07, 6.45) is 6.64. The predicted octanol–water partition coefficient (Wildman–Crippen LogP) is 3.92. The summed E-state index contributed by atoms with van der Waals surface area (Å²) in [6.45, 7) is 7.09. The molecule has 1 N–H and O–H groups in total. The molecule has 0 amide bonds.